The van der Waals surface area contributed by atoms with Gasteiger partial charge in [-0.2, -0.15) is 8.42 Å². The molecule has 146 valence electrons. The van der Waals surface area contributed by atoms with Crippen LogP contribution >= 0.6 is 11.3 Å². The summed E-state index contributed by atoms with van der Waals surface area (Å²) in [6, 6.07) is 13.6. The fourth-order valence-corrected chi connectivity index (χ4v) is 4.01. The maximum absolute atomic E-state index is 12.9. The number of carbonyl (C=O) groups is 1. The summed E-state index contributed by atoms with van der Waals surface area (Å²) >= 11 is 1.26. The van der Waals surface area contributed by atoms with Crippen LogP contribution in [0.2, 0.25) is 0 Å². The zero-order valence-electron chi connectivity index (χ0n) is 16.0. The lowest BCUT2D eigenvalue weighted by Crippen LogP contribution is -2.29. The molecule has 0 aliphatic carbocycles. The lowest BCUT2D eigenvalue weighted by molar-refractivity contribution is -0.119. The second kappa shape index (κ2) is 7.44. The topological polar surface area (TPSA) is 85.7 Å². The van der Waals surface area contributed by atoms with Crippen LogP contribution < -0.4 is 0 Å². The Morgan fingerprint density at radius 1 is 1.07 bits per heavy atom. The van der Waals surface area contributed by atoms with Crippen LogP contribution in [0.4, 0.5) is 0 Å². The minimum Gasteiger partial charge on any atom is -0.292 e. The summed E-state index contributed by atoms with van der Waals surface area (Å²) in [5.41, 5.74) is 0.733. The smallest absolute Gasteiger partial charge is 0.292 e. The first-order valence-corrected chi connectivity index (χ1v) is 10.8. The van der Waals surface area contributed by atoms with E-state index in [1.807, 2.05) is 31.2 Å². The maximum atomic E-state index is 12.9. The molecule has 1 heterocycles. The largest absolute Gasteiger partial charge is 0.358 e. The van der Waals surface area contributed by atoms with E-state index in [4.69, 9.17) is 4.28 Å². The third-order valence-corrected chi connectivity index (χ3v) is 6.09. The summed E-state index contributed by atoms with van der Waals surface area (Å²) in [4.78, 5) is 17.3. The van der Waals surface area contributed by atoms with Crippen LogP contribution in [-0.2, 0) is 19.2 Å². The van der Waals surface area contributed by atoms with E-state index in [1.54, 1.807) is 32.9 Å². The molecule has 0 aliphatic rings. The van der Waals surface area contributed by atoms with Crippen molar-refractivity contribution >= 4 is 43.2 Å². The molecule has 0 saturated heterocycles. The minimum absolute atomic E-state index is 0.0336. The van der Waals surface area contributed by atoms with E-state index in [-0.39, 0.29) is 16.4 Å². The first kappa shape index (κ1) is 20.2. The van der Waals surface area contributed by atoms with Gasteiger partial charge in [-0.25, -0.2) is 4.98 Å². The molecular formula is C20H20N2O4S2. The molecule has 0 unspecified atom stereocenters. The summed E-state index contributed by atoms with van der Waals surface area (Å²) in [6.45, 7) is 7.04. The average Bonchev–Trinajstić information content (AvgIpc) is 3.05. The van der Waals surface area contributed by atoms with E-state index >= 15 is 0 Å². The molecule has 0 saturated carbocycles. The van der Waals surface area contributed by atoms with E-state index in [2.05, 4.69) is 10.1 Å². The van der Waals surface area contributed by atoms with Crippen LogP contribution in [0.15, 0.2) is 58.6 Å². The van der Waals surface area contributed by atoms with Crippen LogP contribution in [0.5, 0.6) is 0 Å². The van der Waals surface area contributed by atoms with Gasteiger partial charge in [0.1, 0.15) is 9.90 Å². The van der Waals surface area contributed by atoms with Crippen molar-refractivity contribution in [1.82, 2.24) is 4.98 Å². The molecule has 6 nitrogen and oxygen atoms in total. The summed E-state index contributed by atoms with van der Waals surface area (Å²) in [5, 5.41) is 4.07. The third kappa shape index (κ3) is 4.28. The second-order valence-electron chi connectivity index (χ2n) is 7.35. The Kier molecular flexibility index (Phi) is 5.36. The van der Waals surface area contributed by atoms with Crippen molar-refractivity contribution in [2.24, 2.45) is 10.6 Å². The van der Waals surface area contributed by atoms with E-state index in [0.717, 1.165) is 10.3 Å². The Morgan fingerprint density at radius 2 is 1.71 bits per heavy atom. The Balaban J connectivity index is 2.03. The van der Waals surface area contributed by atoms with Gasteiger partial charge in [-0.15, -0.1) is 11.3 Å². The number of benzene rings is 2. The zero-order chi connectivity index (χ0) is 20.5. The fourth-order valence-electron chi connectivity index (χ4n) is 2.34. The van der Waals surface area contributed by atoms with Gasteiger partial charge in [0.15, 0.2) is 11.5 Å². The van der Waals surface area contributed by atoms with Crippen LogP contribution in [0.1, 0.15) is 31.3 Å². The van der Waals surface area contributed by atoms with E-state index in [1.165, 1.54) is 23.5 Å². The number of ketones is 1. The number of para-hydroxylation sites is 1. The number of rotatable bonds is 5. The highest BCUT2D eigenvalue weighted by Gasteiger charge is 2.31. The first-order chi connectivity index (χ1) is 13.1. The molecule has 0 amide bonds. The number of Topliss-reactive ketones (excluding diaryl/α,β-unsaturated/α-hetero) is 1. The van der Waals surface area contributed by atoms with Crippen molar-refractivity contribution in [1.29, 1.82) is 0 Å². The molecule has 0 bridgehead atoms. The number of aromatic nitrogens is 1. The number of nitrogens with zero attached hydrogens (tertiary/aromatic N) is 2. The lowest BCUT2D eigenvalue weighted by atomic mass is 9.88. The van der Waals surface area contributed by atoms with Crippen LogP contribution in [0.3, 0.4) is 0 Å². The number of carbonyl (C=O) groups excluding carboxylic acids is 1. The van der Waals surface area contributed by atoms with Gasteiger partial charge < -0.3 is 0 Å². The molecule has 3 rings (SSSR count). The summed E-state index contributed by atoms with van der Waals surface area (Å²) in [5.74, 6) is -0.356. The highest BCUT2D eigenvalue weighted by atomic mass is 32.2. The Hall–Kier alpha value is -2.58. The van der Waals surface area contributed by atoms with Gasteiger partial charge in [-0.1, -0.05) is 55.8 Å². The molecule has 8 heteroatoms. The monoisotopic (exact) mass is 416 g/mol. The van der Waals surface area contributed by atoms with Crippen molar-refractivity contribution in [2.45, 2.75) is 32.6 Å². The second-order valence-corrected chi connectivity index (χ2v) is 9.91. The molecule has 0 fully saturated rings. The molecule has 0 N–H and O–H groups in total. The van der Waals surface area contributed by atoms with Gasteiger partial charge in [-0.3, -0.25) is 9.08 Å². The first-order valence-electron chi connectivity index (χ1n) is 8.57. The Bertz CT molecular complexity index is 1120. The van der Waals surface area contributed by atoms with Crippen molar-refractivity contribution in [3.05, 3.63) is 59.1 Å². The Morgan fingerprint density at radius 3 is 2.32 bits per heavy atom. The van der Waals surface area contributed by atoms with E-state index in [9.17, 15) is 13.2 Å². The molecule has 0 atom stereocenters. The van der Waals surface area contributed by atoms with Gasteiger partial charge >= 0.3 is 10.1 Å². The van der Waals surface area contributed by atoms with Crippen LogP contribution in [0, 0.1) is 12.3 Å². The fraction of sp³-hybridized carbons (Fsp3) is 0.250. The van der Waals surface area contributed by atoms with Crippen LogP contribution in [-0.4, -0.2) is 24.9 Å². The van der Waals surface area contributed by atoms with Gasteiger partial charge in [0.25, 0.3) is 0 Å². The van der Waals surface area contributed by atoms with Crippen molar-refractivity contribution in [3.8, 4) is 0 Å². The van der Waals surface area contributed by atoms with Crippen molar-refractivity contribution in [3.63, 3.8) is 0 Å². The SMILES string of the molecule is Cc1ccc(S(=O)(=O)ON=C(C(=O)C(C)(C)C)c2nc3ccccc3s2)cc1. The minimum atomic E-state index is -4.15. The van der Waals surface area contributed by atoms with Gasteiger partial charge in [0.2, 0.25) is 0 Å². The predicted molar refractivity (Wildman–Crippen MR) is 110 cm³/mol. The molecule has 0 radical (unpaired) electrons. The number of hydrogen-bond donors (Lipinski definition) is 0. The molecule has 3 aromatic rings. The van der Waals surface area contributed by atoms with Crippen molar-refractivity contribution in [2.75, 3.05) is 0 Å². The third-order valence-electron chi connectivity index (χ3n) is 3.93. The molecular weight excluding hydrogens is 396 g/mol. The lowest BCUT2D eigenvalue weighted by Gasteiger charge is -2.16. The molecule has 2 aromatic carbocycles. The quantitative estimate of drug-likeness (QED) is 0.456. The Labute approximate surface area is 168 Å². The number of fused-ring (bicyclic) bond motifs is 1. The molecule has 1 aromatic heterocycles. The standard InChI is InChI=1S/C20H20N2O4S2/c1-13-9-11-14(12-10-13)28(24,25)26-22-17(18(23)20(2,3)4)19-21-15-7-5-6-8-16(15)27-19/h5-12H,1-4H3. The molecule has 28 heavy (non-hydrogen) atoms. The molecule has 0 aliphatic heterocycles. The summed E-state index contributed by atoms with van der Waals surface area (Å²) < 4.78 is 30.7. The highest BCUT2D eigenvalue weighted by Crippen LogP contribution is 2.26. The zero-order valence-corrected chi connectivity index (χ0v) is 17.6. The molecule has 0 spiro atoms. The highest BCUT2D eigenvalue weighted by molar-refractivity contribution is 7.86. The maximum Gasteiger partial charge on any atom is 0.358 e. The number of hydrogen-bond acceptors (Lipinski definition) is 7. The normalized spacial score (nSPS) is 12.9. The van der Waals surface area contributed by atoms with E-state index in [0.29, 0.717) is 10.5 Å². The summed E-state index contributed by atoms with van der Waals surface area (Å²) in [6.07, 6.45) is 0. The average molecular weight is 417 g/mol. The summed E-state index contributed by atoms with van der Waals surface area (Å²) in [7, 11) is -4.15. The van der Waals surface area contributed by atoms with Crippen molar-refractivity contribution < 1.29 is 17.5 Å². The predicted octanol–water partition coefficient (Wildman–Crippen LogP) is 4.33. The van der Waals surface area contributed by atoms with Gasteiger partial charge in [-0.05, 0) is 31.2 Å². The van der Waals surface area contributed by atoms with Gasteiger partial charge in [0, 0.05) is 5.41 Å². The number of aryl methyl sites for hydroxylation is 1. The number of thiazole rings is 1. The van der Waals surface area contributed by atoms with Crippen LogP contribution in [0.25, 0.3) is 10.2 Å². The van der Waals surface area contributed by atoms with E-state index < -0.39 is 15.5 Å². The number of oxime groups is 1. The van der Waals surface area contributed by atoms with Gasteiger partial charge in [0.05, 0.1) is 10.2 Å².